The third kappa shape index (κ3) is 3.43. The van der Waals surface area contributed by atoms with Crippen LogP contribution in [0.1, 0.15) is 15.6 Å². The molecule has 3 aliphatic rings. The summed E-state index contributed by atoms with van der Waals surface area (Å²) in [4.78, 5) is 22.1. The summed E-state index contributed by atoms with van der Waals surface area (Å²) in [7, 11) is 0. The minimum absolute atomic E-state index is 0.156. The summed E-state index contributed by atoms with van der Waals surface area (Å²) in [5.41, 5.74) is 7.64. The van der Waals surface area contributed by atoms with Gasteiger partial charge in [0.05, 0.1) is 17.2 Å². The molecule has 26 heavy (non-hydrogen) atoms. The molecule has 0 atom stereocenters. The van der Waals surface area contributed by atoms with Crippen LogP contribution in [-0.2, 0) is 11.2 Å². The molecular weight excluding hydrogens is 366 g/mol. The molecule has 2 bridgehead atoms. The Morgan fingerprint density at radius 1 is 1.12 bits per heavy atom. The highest BCUT2D eigenvalue weighted by molar-refractivity contribution is 7.15. The third-order valence-corrected chi connectivity index (χ3v) is 8.19. The Kier molecular flexibility index (Phi) is 4.63. The Labute approximate surface area is 162 Å². The number of amides is 1. The Balaban J connectivity index is 1.41. The highest BCUT2D eigenvalue weighted by atomic mass is 32.1. The molecule has 6 nitrogen and oxygen atoms in total. The van der Waals surface area contributed by atoms with Crippen molar-refractivity contribution in [1.29, 1.82) is 0 Å². The fourth-order valence-electron chi connectivity index (χ4n) is 4.42. The van der Waals surface area contributed by atoms with Gasteiger partial charge in [-0.3, -0.25) is 4.79 Å². The van der Waals surface area contributed by atoms with Gasteiger partial charge in [0.15, 0.2) is 6.54 Å². The summed E-state index contributed by atoms with van der Waals surface area (Å²) in [5.74, 6) is -0.156. The van der Waals surface area contributed by atoms with Crippen LogP contribution in [0, 0.1) is 13.8 Å². The van der Waals surface area contributed by atoms with E-state index >= 15 is 0 Å². The average molecular weight is 394 g/mol. The number of fused-ring (bicyclic) bond motifs is 3. The van der Waals surface area contributed by atoms with Crippen molar-refractivity contribution in [2.45, 2.75) is 20.3 Å². The number of carbonyl (C=O) groups is 1. The number of nitrogens with zero attached hydrogens (tertiary/aromatic N) is 4. The number of nitrogens with two attached hydrogens (primary N) is 1. The van der Waals surface area contributed by atoms with Crippen LogP contribution in [-0.4, -0.2) is 77.2 Å². The lowest BCUT2D eigenvalue weighted by molar-refractivity contribution is -1.08. The Hall–Kier alpha value is -1.35. The fourth-order valence-corrected chi connectivity index (χ4v) is 6.10. The molecule has 3 fully saturated rings. The van der Waals surface area contributed by atoms with E-state index in [-0.39, 0.29) is 5.91 Å². The highest BCUT2D eigenvalue weighted by Crippen LogP contribution is 2.31. The van der Waals surface area contributed by atoms with Gasteiger partial charge in [0.1, 0.15) is 50.0 Å². The van der Waals surface area contributed by atoms with E-state index < -0.39 is 0 Å². The molecule has 5 heterocycles. The van der Waals surface area contributed by atoms with Gasteiger partial charge in [0.25, 0.3) is 5.91 Å². The van der Waals surface area contributed by atoms with Crippen molar-refractivity contribution >= 4 is 28.6 Å². The van der Waals surface area contributed by atoms with Crippen molar-refractivity contribution in [3.8, 4) is 10.7 Å². The second-order valence-electron chi connectivity index (χ2n) is 7.90. The first-order valence-electron chi connectivity index (χ1n) is 9.26. The van der Waals surface area contributed by atoms with Gasteiger partial charge in [-0.1, -0.05) is 0 Å². The SMILES string of the molecule is Cc1nc(-c2nc(C)c(CC[N+]34CC[N+](CC(N)=O)(CC3)CC4)s2)cs1. The summed E-state index contributed by atoms with van der Waals surface area (Å²) in [5, 5.41) is 4.24. The third-order valence-electron chi connectivity index (χ3n) is 6.18. The molecule has 2 aromatic rings. The van der Waals surface area contributed by atoms with Gasteiger partial charge < -0.3 is 14.7 Å². The minimum atomic E-state index is -0.156. The molecule has 0 unspecified atom stereocenters. The molecule has 3 aliphatic heterocycles. The van der Waals surface area contributed by atoms with Gasteiger partial charge in [-0.05, 0) is 13.8 Å². The van der Waals surface area contributed by atoms with Gasteiger partial charge in [-0.15, -0.1) is 22.7 Å². The van der Waals surface area contributed by atoms with E-state index in [1.807, 2.05) is 6.92 Å². The first-order valence-corrected chi connectivity index (χ1v) is 11.0. The number of aromatic nitrogens is 2. The summed E-state index contributed by atoms with van der Waals surface area (Å²) >= 11 is 3.48. The number of aryl methyl sites for hydroxylation is 2. The molecule has 3 saturated heterocycles. The molecule has 0 aromatic carbocycles. The molecular formula is C18H27N5OS2+2. The van der Waals surface area contributed by atoms with Crippen molar-refractivity contribution in [2.24, 2.45) is 5.73 Å². The Morgan fingerprint density at radius 3 is 2.35 bits per heavy atom. The number of rotatable bonds is 6. The van der Waals surface area contributed by atoms with E-state index in [1.165, 1.54) is 35.5 Å². The van der Waals surface area contributed by atoms with E-state index in [4.69, 9.17) is 10.7 Å². The van der Waals surface area contributed by atoms with Crippen LogP contribution in [0.5, 0.6) is 0 Å². The van der Waals surface area contributed by atoms with Crippen molar-refractivity contribution in [3.63, 3.8) is 0 Å². The molecule has 1 amide bonds. The van der Waals surface area contributed by atoms with Crippen LogP contribution in [0.25, 0.3) is 10.7 Å². The van der Waals surface area contributed by atoms with Crippen LogP contribution in [0.15, 0.2) is 5.38 Å². The Morgan fingerprint density at radius 2 is 1.77 bits per heavy atom. The zero-order valence-electron chi connectivity index (χ0n) is 15.5. The van der Waals surface area contributed by atoms with Gasteiger partial charge >= 0.3 is 0 Å². The van der Waals surface area contributed by atoms with Crippen LogP contribution in [0.2, 0.25) is 0 Å². The van der Waals surface area contributed by atoms with E-state index in [9.17, 15) is 4.79 Å². The van der Waals surface area contributed by atoms with Crippen molar-refractivity contribution in [2.75, 3.05) is 52.4 Å². The standard InChI is InChI=1S/C18H26N5OS2/c1-13-16(26-18(20-13)15-12-25-14(2)21-15)3-4-22-5-8-23(9-6-22,10-7-22)11-17(19)24/h12H,3-11H2,1-2H3,(H-,19,24)/q+1/p+1. The van der Waals surface area contributed by atoms with E-state index in [2.05, 4.69) is 17.3 Å². The predicted molar refractivity (Wildman–Crippen MR) is 105 cm³/mol. The van der Waals surface area contributed by atoms with Gasteiger partial charge in [-0.2, -0.15) is 0 Å². The molecule has 2 aromatic heterocycles. The van der Waals surface area contributed by atoms with Gasteiger partial charge in [0, 0.05) is 16.7 Å². The number of quaternary nitrogens is 2. The van der Waals surface area contributed by atoms with Gasteiger partial charge in [0.2, 0.25) is 0 Å². The van der Waals surface area contributed by atoms with Crippen molar-refractivity contribution in [3.05, 3.63) is 21.0 Å². The molecule has 0 radical (unpaired) electrons. The summed E-state index contributed by atoms with van der Waals surface area (Å²) in [6, 6.07) is 0. The number of carbonyl (C=O) groups excluding carboxylic acids is 1. The topological polar surface area (TPSA) is 68.9 Å². The minimum Gasteiger partial charge on any atom is -0.365 e. The van der Waals surface area contributed by atoms with Crippen molar-refractivity contribution in [1.82, 2.24) is 9.97 Å². The van der Waals surface area contributed by atoms with Crippen LogP contribution < -0.4 is 5.73 Å². The highest BCUT2D eigenvalue weighted by Gasteiger charge is 2.49. The maximum atomic E-state index is 11.4. The maximum Gasteiger partial charge on any atom is 0.272 e. The fraction of sp³-hybridized carbons (Fsp3) is 0.611. The number of piperazine rings is 3. The molecule has 8 heteroatoms. The smallest absolute Gasteiger partial charge is 0.272 e. The monoisotopic (exact) mass is 393 g/mol. The van der Waals surface area contributed by atoms with E-state index in [1.54, 1.807) is 22.7 Å². The predicted octanol–water partition coefficient (Wildman–Crippen LogP) is 1.57. The zero-order chi connectivity index (χ0) is 18.4. The normalized spacial score (nSPS) is 27.8. The summed E-state index contributed by atoms with van der Waals surface area (Å²) in [6.07, 6.45) is 1.09. The van der Waals surface area contributed by atoms with E-state index in [0.717, 1.165) is 51.9 Å². The lowest BCUT2D eigenvalue weighted by Crippen LogP contribution is -2.76. The molecule has 0 spiro atoms. The molecule has 0 aliphatic carbocycles. The van der Waals surface area contributed by atoms with E-state index in [0.29, 0.717) is 6.54 Å². The second-order valence-corrected chi connectivity index (χ2v) is 10.0. The number of primary amides is 1. The number of thiazole rings is 2. The maximum absolute atomic E-state index is 11.4. The van der Waals surface area contributed by atoms with Crippen molar-refractivity contribution < 1.29 is 13.8 Å². The number of hydrogen-bond donors (Lipinski definition) is 1. The van der Waals surface area contributed by atoms with Gasteiger partial charge in [-0.25, -0.2) is 9.97 Å². The molecule has 0 saturated carbocycles. The largest absolute Gasteiger partial charge is 0.365 e. The number of hydrogen-bond acceptors (Lipinski definition) is 5. The molecule has 140 valence electrons. The Bertz CT molecular complexity index is 803. The second kappa shape index (κ2) is 6.67. The first kappa shape index (κ1) is 18.0. The lowest BCUT2D eigenvalue weighted by atomic mass is 10.1. The van der Waals surface area contributed by atoms with Crippen LogP contribution in [0.4, 0.5) is 0 Å². The molecule has 2 N–H and O–H groups in total. The first-order chi connectivity index (χ1) is 12.4. The average Bonchev–Trinajstić information content (AvgIpc) is 3.20. The summed E-state index contributed by atoms with van der Waals surface area (Å²) < 4.78 is 2.11. The molecule has 5 rings (SSSR count). The van der Waals surface area contributed by atoms with Crippen LogP contribution in [0.3, 0.4) is 0 Å². The lowest BCUT2D eigenvalue weighted by Gasteiger charge is -2.55. The quantitative estimate of drug-likeness (QED) is 0.758. The van der Waals surface area contributed by atoms with Crippen LogP contribution >= 0.6 is 22.7 Å². The zero-order valence-corrected chi connectivity index (χ0v) is 17.2. The summed E-state index contributed by atoms with van der Waals surface area (Å²) in [6.45, 7) is 12.6.